The maximum absolute atomic E-state index is 9.21. The van der Waals surface area contributed by atoms with Gasteiger partial charge in [-0.25, -0.2) is 0 Å². The van der Waals surface area contributed by atoms with Crippen molar-refractivity contribution >= 4 is 0 Å². The quantitative estimate of drug-likeness (QED) is 0.853. The van der Waals surface area contributed by atoms with Gasteiger partial charge < -0.3 is 9.84 Å². The highest BCUT2D eigenvalue weighted by Crippen LogP contribution is 2.18. The van der Waals surface area contributed by atoms with Crippen LogP contribution >= 0.6 is 0 Å². The molecular formula is C14H18N2O2. The Labute approximate surface area is 107 Å². The van der Waals surface area contributed by atoms with E-state index in [4.69, 9.17) is 10.00 Å². The summed E-state index contributed by atoms with van der Waals surface area (Å²) >= 11 is 0. The molecule has 1 aliphatic rings. The lowest BCUT2D eigenvalue weighted by Gasteiger charge is -2.22. The van der Waals surface area contributed by atoms with Gasteiger partial charge in [0, 0.05) is 12.6 Å². The topological polar surface area (TPSA) is 56.5 Å². The van der Waals surface area contributed by atoms with Crippen LogP contribution < -0.4 is 4.74 Å². The van der Waals surface area contributed by atoms with Crippen LogP contribution in [-0.2, 0) is 0 Å². The number of nitriles is 1. The van der Waals surface area contributed by atoms with Crippen LogP contribution in [0.3, 0.4) is 0 Å². The Morgan fingerprint density at radius 2 is 2.28 bits per heavy atom. The summed E-state index contributed by atoms with van der Waals surface area (Å²) in [4.78, 5) is 2.25. The number of aliphatic hydroxyl groups excluding tert-OH is 1. The van der Waals surface area contributed by atoms with E-state index in [1.807, 2.05) is 18.2 Å². The van der Waals surface area contributed by atoms with Crippen molar-refractivity contribution in [2.75, 3.05) is 26.3 Å². The molecule has 1 saturated heterocycles. The molecule has 0 saturated carbocycles. The predicted molar refractivity (Wildman–Crippen MR) is 68.3 cm³/mol. The molecule has 1 atom stereocenters. The standard InChI is InChI=1S/C14H18N2O2/c15-10-12-4-1-2-6-14(12)18-9-8-16-7-3-5-13(16)11-17/h1-2,4,6,13,17H,3,5,7-9,11H2. The number of ether oxygens (including phenoxy) is 1. The third-order valence-electron chi connectivity index (χ3n) is 3.35. The van der Waals surface area contributed by atoms with E-state index in [1.54, 1.807) is 6.07 Å². The average molecular weight is 246 g/mol. The number of para-hydroxylation sites is 1. The molecule has 1 unspecified atom stereocenters. The smallest absolute Gasteiger partial charge is 0.137 e. The van der Waals surface area contributed by atoms with Crippen molar-refractivity contribution in [2.45, 2.75) is 18.9 Å². The molecule has 0 aliphatic carbocycles. The Bertz CT molecular complexity index is 428. The summed E-state index contributed by atoms with van der Waals surface area (Å²) in [6.07, 6.45) is 2.20. The van der Waals surface area contributed by atoms with Crippen LogP contribution in [0.2, 0.25) is 0 Å². The summed E-state index contributed by atoms with van der Waals surface area (Å²) in [5, 5.41) is 18.1. The first kappa shape index (κ1) is 12.9. The molecule has 2 rings (SSSR count). The molecule has 1 aliphatic heterocycles. The van der Waals surface area contributed by atoms with Gasteiger partial charge in [0.15, 0.2) is 0 Å². The van der Waals surface area contributed by atoms with Crippen LogP contribution in [0.25, 0.3) is 0 Å². The minimum absolute atomic E-state index is 0.217. The molecule has 18 heavy (non-hydrogen) atoms. The van der Waals surface area contributed by atoms with Crippen molar-refractivity contribution in [3.05, 3.63) is 29.8 Å². The number of aliphatic hydroxyl groups is 1. The maximum atomic E-state index is 9.21. The minimum Gasteiger partial charge on any atom is -0.491 e. The number of benzene rings is 1. The number of hydrogen-bond acceptors (Lipinski definition) is 4. The third kappa shape index (κ3) is 3.00. The van der Waals surface area contributed by atoms with Gasteiger partial charge in [0.25, 0.3) is 0 Å². The fourth-order valence-electron chi connectivity index (χ4n) is 2.35. The van der Waals surface area contributed by atoms with E-state index in [-0.39, 0.29) is 12.6 Å². The normalized spacial score (nSPS) is 19.7. The van der Waals surface area contributed by atoms with Crippen LogP contribution in [-0.4, -0.2) is 42.4 Å². The van der Waals surface area contributed by atoms with Gasteiger partial charge in [0.2, 0.25) is 0 Å². The Kier molecular flexibility index (Phi) is 4.57. The van der Waals surface area contributed by atoms with Crippen molar-refractivity contribution in [2.24, 2.45) is 0 Å². The molecule has 0 spiro atoms. The number of hydrogen-bond donors (Lipinski definition) is 1. The second-order valence-corrected chi connectivity index (χ2v) is 4.47. The molecule has 4 nitrogen and oxygen atoms in total. The molecule has 4 heteroatoms. The SMILES string of the molecule is N#Cc1ccccc1OCCN1CCCC1CO. The molecule has 1 fully saturated rings. The summed E-state index contributed by atoms with van der Waals surface area (Å²) in [7, 11) is 0. The van der Waals surface area contributed by atoms with Crippen LogP contribution in [0.15, 0.2) is 24.3 Å². The molecule has 1 aromatic carbocycles. The van der Waals surface area contributed by atoms with Gasteiger partial charge in [-0.2, -0.15) is 5.26 Å². The number of likely N-dealkylation sites (tertiary alicyclic amines) is 1. The monoisotopic (exact) mass is 246 g/mol. The summed E-state index contributed by atoms with van der Waals surface area (Å²) in [5.41, 5.74) is 0.567. The second kappa shape index (κ2) is 6.39. The van der Waals surface area contributed by atoms with E-state index in [2.05, 4.69) is 11.0 Å². The lowest BCUT2D eigenvalue weighted by atomic mass is 10.2. The minimum atomic E-state index is 0.217. The maximum Gasteiger partial charge on any atom is 0.137 e. The Morgan fingerprint density at radius 1 is 1.44 bits per heavy atom. The van der Waals surface area contributed by atoms with Crippen molar-refractivity contribution in [3.63, 3.8) is 0 Å². The molecule has 96 valence electrons. The average Bonchev–Trinajstić information content (AvgIpc) is 2.87. The summed E-state index contributed by atoms with van der Waals surface area (Å²) in [5.74, 6) is 0.639. The number of nitrogens with zero attached hydrogens (tertiary/aromatic N) is 2. The molecular weight excluding hydrogens is 228 g/mol. The van der Waals surface area contributed by atoms with Crippen LogP contribution in [0.1, 0.15) is 18.4 Å². The zero-order valence-corrected chi connectivity index (χ0v) is 10.4. The van der Waals surface area contributed by atoms with E-state index in [0.29, 0.717) is 17.9 Å². The molecule has 1 heterocycles. The van der Waals surface area contributed by atoms with Crippen molar-refractivity contribution in [3.8, 4) is 11.8 Å². The van der Waals surface area contributed by atoms with E-state index in [9.17, 15) is 5.11 Å². The second-order valence-electron chi connectivity index (χ2n) is 4.47. The summed E-state index contributed by atoms with van der Waals surface area (Å²) in [6, 6.07) is 9.65. The number of rotatable bonds is 5. The van der Waals surface area contributed by atoms with Gasteiger partial charge in [-0.1, -0.05) is 12.1 Å². The predicted octanol–water partition coefficient (Wildman–Crippen LogP) is 1.39. The molecule has 0 radical (unpaired) electrons. The van der Waals surface area contributed by atoms with Crippen molar-refractivity contribution in [1.29, 1.82) is 5.26 Å². The van der Waals surface area contributed by atoms with Crippen molar-refractivity contribution in [1.82, 2.24) is 4.90 Å². The molecule has 0 amide bonds. The van der Waals surface area contributed by atoms with Gasteiger partial charge in [0.1, 0.15) is 18.4 Å². The van der Waals surface area contributed by atoms with Gasteiger partial charge in [-0.05, 0) is 31.5 Å². The summed E-state index contributed by atoms with van der Waals surface area (Å²) in [6.45, 7) is 2.59. The third-order valence-corrected chi connectivity index (χ3v) is 3.35. The Hall–Kier alpha value is -1.57. The summed E-state index contributed by atoms with van der Waals surface area (Å²) < 4.78 is 5.64. The zero-order valence-electron chi connectivity index (χ0n) is 10.4. The molecule has 0 bridgehead atoms. The van der Waals surface area contributed by atoms with Gasteiger partial charge in [-0.3, -0.25) is 4.90 Å². The lowest BCUT2D eigenvalue weighted by molar-refractivity contribution is 0.139. The van der Waals surface area contributed by atoms with Gasteiger partial charge >= 0.3 is 0 Å². The molecule has 1 N–H and O–H groups in total. The highest BCUT2D eigenvalue weighted by atomic mass is 16.5. The van der Waals surface area contributed by atoms with Crippen LogP contribution in [0.4, 0.5) is 0 Å². The van der Waals surface area contributed by atoms with Crippen molar-refractivity contribution < 1.29 is 9.84 Å². The highest BCUT2D eigenvalue weighted by molar-refractivity contribution is 5.42. The lowest BCUT2D eigenvalue weighted by Crippen LogP contribution is -2.35. The van der Waals surface area contributed by atoms with E-state index >= 15 is 0 Å². The first-order chi connectivity index (χ1) is 8.85. The van der Waals surface area contributed by atoms with E-state index in [0.717, 1.165) is 25.9 Å². The van der Waals surface area contributed by atoms with E-state index in [1.165, 1.54) is 0 Å². The zero-order chi connectivity index (χ0) is 12.8. The Balaban J connectivity index is 1.83. The van der Waals surface area contributed by atoms with Crippen LogP contribution in [0.5, 0.6) is 5.75 Å². The van der Waals surface area contributed by atoms with E-state index < -0.39 is 0 Å². The fraction of sp³-hybridized carbons (Fsp3) is 0.500. The molecule has 1 aromatic rings. The highest BCUT2D eigenvalue weighted by Gasteiger charge is 2.23. The van der Waals surface area contributed by atoms with Crippen LogP contribution in [0, 0.1) is 11.3 Å². The first-order valence-corrected chi connectivity index (χ1v) is 6.32. The molecule has 0 aromatic heterocycles. The van der Waals surface area contributed by atoms with Gasteiger partial charge in [-0.15, -0.1) is 0 Å². The van der Waals surface area contributed by atoms with Gasteiger partial charge in [0.05, 0.1) is 12.2 Å². The largest absolute Gasteiger partial charge is 0.491 e. The first-order valence-electron chi connectivity index (χ1n) is 6.32. The Morgan fingerprint density at radius 3 is 3.06 bits per heavy atom. The fourth-order valence-corrected chi connectivity index (χ4v) is 2.35.